The molecule has 1 unspecified atom stereocenters. The van der Waals surface area contributed by atoms with E-state index in [0.29, 0.717) is 17.9 Å². The fourth-order valence-corrected chi connectivity index (χ4v) is 2.89. The van der Waals surface area contributed by atoms with Gasteiger partial charge in [-0.25, -0.2) is 0 Å². The molecule has 0 spiro atoms. The summed E-state index contributed by atoms with van der Waals surface area (Å²) in [6.45, 7) is 7.44. The largest absolute Gasteiger partial charge is 0.347 e. The van der Waals surface area contributed by atoms with E-state index in [1.54, 1.807) is 0 Å². The van der Waals surface area contributed by atoms with Crippen molar-refractivity contribution in [2.45, 2.75) is 45.2 Å². The second-order valence-corrected chi connectivity index (χ2v) is 5.55. The van der Waals surface area contributed by atoms with Crippen LogP contribution >= 0.6 is 0 Å². The molecule has 1 saturated heterocycles. The number of rotatable bonds is 3. The molecule has 3 nitrogen and oxygen atoms in total. The van der Waals surface area contributed by atoms with Crippen LogP contribution < -0.4 is 0 Å². The molecule has 1 aliphatic carbocycles. The Morgan fingerprint density at radius 1 is 1.47 bits per heavy atom. The smallest absolute Gasteiger partial charge is 0.173 e. The minimum atomic E-state index is 0.339. The van der Waals surface area contributed by atoms with Gasteiger partial charge in [0.25, 0.3) is 0 Å². The van der Waals surface area contributed by atoms with Crippen molar-refractivity contribution in [3.05, 3.63) is 0 Å². The summed E-state index contributed by atoms with van der Waals surface area (Å²) in [5, 5.41) is 7.69. The van der Waals surface area contributed by atoms with Crippen LogP contribution in [0.5, 0.6) is 0 Å². The number of terminal acetylenes is 1. The van der Waals surface area contributed by atoms with Gasteiger partial charge in [0, 0.05) is 31.7 Å². The number of piperazine rings is 1. The highest BCUT2D eigenvalue weighted by Gasteiger charge is 2.31. The molecule has 1 saturated carbocycles. The van der Waals surface area contributed by atoms with Gasteiger partial charge in [0.2, 0.25) is 0 Å². The van der Waals surface area contributed by atoms with Crippen LogP contribution in [-0.2, 0) is 0 Å². The molecule has 0 aromatic heterocycles. The van der Waals surface area contributed by atoms with Crippen molar-refractivity contribution < 1.29 is 0 Å². The van der Waals surface area contributed by atoms with E-state index in [0.717, 1.165) is 25.6 Å². The van der Waals surface area contributed by atoms with Gasteiger partial charge in [-0.3, -0.25) is 10.3 Å². The number of hydrogen-bond donors (Lipinski definition) is 1. The second kappa shape index (κ2) is 5.10. The van der Waals surface area contributed by atoms with Gasteiger partial charge in [-0.05, 0) is 32.1 Å². The summed E-state index contributed by atoms with van der Waals surface area (Å²) in [7, 11) is 0. The van der Waals surface area contributed by atoms with Crippen molar-refractivity contribution in [1.29, 1.82) is 5.41 Å². The van der Waals surface area contributed by atoms with Gasteiger partial charge in [-0.2, -0.15) is 0 Å². The van der Waals surface area contributed by atoms with E-state index in [9.17, 15) is 0 Å². The molecule has 1 aliphatic heterocycles. The van der Waals surface area contributed by atoms with Gasteiger partial charge in [-0.15, -0.1) is 6.42 Å². The lowest BCUT2D eigenvalue weighted by Gasteiger charge is -2.43. The third-order valence-electron chi connectivity index (χ3n) is 4.07. The van der Waals surface area contributed by atoms with Gasteiger partial charge in [0.15, 0.2) is 5.84 Å². The van der Waals surface area contributed by atoms with Crippen LogP contribution in [0.2, 0.25) is 0 Å². The molecular formula is C14H23N3. The predicted octanol–water partition coefficient (Wildman–Crippen LogP) is 1.79. The standard InChI is InChI=1S/C14H23N3/c1-4-14(15)16-7-8-17(12(3)10-16)11(2)9-13-5-6-13/h1,11-13,15H,5-10H2,2-3H3/t11?,12-/m1/s1. The molecule has 0 aromatic rings. The van der Waals surface area contributed by atoms with Crippen molar-refractivity contribution in [3.63, 3.8) is 0 Å². The van der Waals surface area contributed by atoms with Crippen LogP contribution in [0.15, 0.2) is 0 Å². The predicted molar refractivity (Wildman–Crippen MR) is 71.1 cm³/mol. The molecule has 0 amide bonds. The number of hydrogen-bond acceptors (Lipinski definition) is 2. The Morgan fingerprint density at radius 3 is 2.71 bits per heavy atom. The normalized spacial score (nSPS) is 27.6. The van der Waals surface area contributed by atoms with Crippen molar-refractivity contribution in [1.82, 2.24) is 9.80 Å². The van der Waals surface area contributed by atoms with Gasteiger partial charge in [-0.1, -0.05) is 12.8 Å². The first-order valence-electron chi connectivity index (χ1n) is 6.67. The highest BCUT2D eigenvalue weighted by molar-refractivity contribution is 5.95. The van der Waals surface area contributed by atoms with Gasteiger partial charge in [0.1, 0.15) is 0 Å². The molecule has 1 N–H and O–H groups in total. The minimum Gasteiger partial charge on any atom is -0.347 e. The molecule has 94 valence electrons. The first-order chi connectivity index (χ1) is 8.11. The Morgan fingerprint density at radius 2 is 2.18 bits per heavy atom. The van der Waals surface area contributed by atoms with E-state index in [2.05, 4.69) is 24.7 Å². The first-order valence-corrected chi connectivity index (χ1v) is 6.67. The Balaban J connectivity index is 1.86. The Hall–Kier alpha value is -1.01. The van der Waals surface area contributed by atoms with Crippen LogP contribution in [0.3, 0.4) is 0 Å². The zero-order chi connectivity index (χ0) is 12.4. The topological polar surface area (TPSA) is 30.3 Å². The molecule has 0 radical (unpaired) electrons. The Kier molecular flexibility index (Phi) is 3.73. The maximum absolute atomic E-state index is 7.69. The molecule has 1 heterocycles. The van der Waals surface area contributed by atoms with Crippen molar-refractivity contribution >= 4 is 5.84 Å². The maximum atomic E-state index is 7.69. The summed E-state index contributed by atoms with van der Waals surface area (Å²) in [5.41, 5.74) is 0. The lowest BCUT2D eigenvalue weighted by Crippen LogP contribution is -2.55. The SMILES string of the molecule is C#CC(=N)N1CCN(C(C)CC2CC2)[C@H](C)C1. The lowest BCUT2D eigenvalue weighted by molar-refractivity contribution is 0.0795. The van der Waals surface area contributed by atoms with Gasteiger partial charge < -0.3 is 4.90 Å². The molecule has 2 fully saturated rings. The third-order valence-corrected chi connectivity index (χ3v) is 4.07. The lowest BCUT2D eigenvalue weighted by atomic mass is 10.1. The Bertz CT molecular complexity index is 327. The summed E-state index contributed by atoms with van der Waals surface area (Å²) in [6.07, 6.45) is 9.49. The average Bonchev–Trinajstić information content (AvgIpc) is 3.11. The van der Waals surface area contributed by atoms with Crippen LogP contribution in [0.1, 0.15) is 33.1 Å². The fourth-order valence-electron chi connectivity index (χ4n) is 2.89. The molecule has 2 atom stereocenters. The van der Waals surface area contributed by atoms with Crippen LogP contribution in [-0.4, -0.2) is 47.4 Å². The van der Waals surface area contributed by atoms with Crippen molar-refractivity contribution in [2.75, 3.05) is 19.6 Å². The van der Waals surface area contributed by atoms with Crippen molar-refractivity contribution in [2.24, 2.45) is 5.92 Å². The Labute approximate surface area is 105 Å². The monoisotopic (exact) mass is 233 g/mol. The molecule has 17 heavy (non-hydrogen) atoms. The van der Waals surface area contributed by atoms with Gasteiger partial charge >= 0.3 is 0 Å². The third kappa shape index (κ3) is 3.01. The zero-order valence-corrected chi connectivity index (χ0v) is 10.9. The summed E-state index contributed by atoms with van der Waals surface area (Å²) >= 11 is 0. The zero-order valence-electron chi connectivity index (χ0n) is 10.9. The maximum Gasteiger partial charge on any atom is 0.173 e. The quantitative estimate of drug-likeness (QED) is 0.458. The molecule has 2 aliphatic rings. The van der Waals surface area contributed by atoms with Crippen molar-refractivity contribution in [3.8, 4) is 12.3 Å². The molecule has 0 aromatic carbocycles. The van der Waals surface area contributed by atoms with Gasteiger partial charge in [0.05, 0.1) is 0 Å². The summed E-state index contributed by atoms with van der Waals surface area (Å²) < 4.78 is 0. The first kappa shape index (κ1) is 12.4. The second-order valence-electron chi connectivity index (χ2n) is 5.55. The number of amidine groups is 1. The van der Waals surface area contributed by atoms with Crippen LogP contribution in [0.25, 0.3) is 0 Å². The average molecular weight is 233 g/mol. The molecule has 3 heteroatoms. The highest BCUT2D eigenvalue weighted by Crippen LogP contribution is 2.35. The van der Waals surface area contributed by atoms with Crippen LogP contribution in [0.4, 0.5) is 0 Å². The molecule has 0 bridgehead atoms. The van der Waals surface area contributed by atoms with E-state index < -0.39 is 0 Å². The highest BCUT2D eigenvalue weighted by atomic mass is 15.3. The fraction of sp³-hybridized carbons (Fsp3) is 0.786. The number of nitrogens with zero attached hydrogens (tertiary/aromatic N) is 2. The molecule has 2 rings (SSSR count). The van der Waals surface area contributed by atoms with Crippen LogP contribution in [0, 0.1) is 23.7 Å². The number of nitrogens with one attached hydrogen (secondary N) is 1. The molecular weight excluding hydrogens is 210 g/mol. The van der Waals surface area contributed by atoms with E-state index in [1.165, 1.54) is 19.3 Å². The van der Waals surface area contributed by atoms with E-state index in [1.807, 2.05) is 4.90 Å². The van der Waals surface area contributed by atoms with E-state index >= 15 is 0 Å². The summed E-state index contributed by atoms with van der Waals surface area (Å²) in [5.74, 6) is 3.76. The van der Waals surface area contributed by atoms with E-state index in [-0.39, 0.29) is 0 Å². The van der Waals surface area contributed by atoms with E-state index in [4.69, 9.17) is 11.8 Å². The summed E-state index contributed by atoms with van der Waals surface area (Å²) in [4.78, 5) is 4.60. The minimum absolute atomic E-state index is 0.339. The summed E-state index contributed by atoms with van der Waals surface area (Å²) in [6, 6.07) is 1.19.